The molecule has 0 aliphatic rings. The lowest BCUT2D eigenvalue weighted by molar-refractivity contribution is -0.118. The standard InChI is InChI=1S/C11H12ClN3O/c1-7-14-9-3-2-8(4-10(9)15-7)6-13-11(16)5-12/h2-4H,5-6H2,1H3,(H,13,16)(H,14,15). The molecule has 1 aromatic carbocycles. The molecule has 5 heteroatoms. The normalized spacial score (nSPS) is 10.6. The first-order valence-corrected chi connectivity index (χ1v) is 5.50. The SMILES string of the molecule is Cc1nc2ccc(CNC(=O)CCl)cc2[nH]1. The van der Waals surface area contributed by atoms with Crippen molar-refractivity contribution in [1.82, 2.24) is 15.3 Å². The minimum Gasteiger partial charge on any atom is -0.351 e. The highest BCUT2D eigenvalue weighted by Crippen LogP contribution is 2.13. The number of amides is 1. The maximum absolute atomic E-state index is 11.0. The number of carbonyl (C=O) groups is 1. The van der Waals surface area contributed by atoms with Crippen LogP contribution in [0.2, 0.25) is 0 Å². The third kappa shape index (κ3) is 2.33. The molecule has 0 fully saturated rings. The maximum Gasteiger partial charge on any atom is 0.235 e. The number of halogens is 1. The number of rotatable bonds is 3. The molecule has 2 rings (SSSR count). The van der Waals surface area contributed by atoms with Crippen LogP contribution in [-0.4, -0.2) is 21.8 Å². The van der Waals surface area contributed by atoms with Crippen molar-refractivity contribution in [3.05, 3.63) is 29.6 Å². The summed E-state index contributed by atoms with van der Waals surface area (Å²) >= 11 is 5.39. The van der Waals surface area contributed by atoms with Gasteiger partial charge in [0, 0.05) is 6.54 Å². The minimum atomic E-state index is -0.164. The summed E-state index contributed by atoms with van der Waals surface area (Å²) in [5, 5.41) is 2.71. The molecule has 0 aliphatic heterocycles. The number of carbonyl (C=O) groups excluding carboxylic acids is 1. The molecule has 2 N–H and O–H groups in total. The van der Waals surface area contributed by atoms with Gasteiger partial charge in [0.1, 0.15) is 11.7 Å². The Kier molecular flexibility index (Phi) is 3.10. The van der Waals surface area contributed by atoms with Crippen LogP contribution in [0.3, 0.4) is 0 Å². The average Bonchev–Trinajstić information content (AvgIpc) is 2.65. The van der Waals surface area contributed by atoms with Gasteiger partial charge in [-0.15, -0.1) is 11.6 Å². The molecule has 0 unspecified atom stereocenters. The number of hydrogen-bond acceptors (Lipinski definition) is 2. The van der Waals surface area contributed by atoms with E-state index in [1.54, 1.807) is 0 Å². The second kappa shape index (κ2) is 4.53. The number of nitrogens with zero attached hydrogens (tertiary/aromatic N) is 1. The van der Waals surface area contributed by atoms with Crippen LogP contribution in [0, 0.1) is 6.92 Å². The van der Waals surface area contributed by atoms with Gasteiger partial charge in [0.15, 0.2) is 0 Å². The highest BCUT2D eigenvalue weighted by Gasteiger charge is 2.02. The summed E-state index contributed by atoms with van der Waals surface area (Å²) < 4.78 is 0. The van der Waals surface area contributed by atoms with Crippen molar-refractivity contribution >= 4 is 28.5 Å². The van der Waals surface area contributed by atoms with Gasteiger partial charge in [-0.25, -0.2) is 4.98 Å². The van der Waals surface area contributed by atoms with Crippen LogP contribution in [-0.2, 0) is 11.3 Å². The Morgan fingerprint density at radius 3 is 3.12 bits per heavy atom. The number of aromatic nitrogens is 2. The predicted octanol–water partition coefficient (Wildman–Crippen LogP) is 1.73. The number of aryl methyl sites for hydroxylation is 1. The molecule has 0 spiro atoms. The number of fused-ring (bicyclic) bond motifs is 1. The lowest BCUT2D eigenvalue weighted by Gasteiger charge is -2.02. The van der Waals surface area contributed by atoms with Crippen LogP contribution < -0.4 is 5.32 Å². The first kappa shape index (κ1) is 11.0. The molecule has 0 atom stereocenters. The van der Waals surface area contributed by atoms with Crippen molar-refractivity contribution in [2.24, 2.45) is 0 Å². The highest BCUT2D eigenvalue weighted by atomic mass is 35.5. The number of H-pyrrole nitrogens is 1. The summed E-state index contributed by atoms with van der Waals surface area (Å²) in [6, 6.07) is 5.85. The Labute approximate surface area is 98.0 Å². The highest BCUT2D eigenvalue weighted by molar-refractivity contribution is 6.27. The van der Waals surface area contributed by atoms with Gasteiger partial charge < -0.3 is 10.3 Å². The van der Waals surface area contributed by atoms with Gasteiger partial charge in [0.2, 0.25) is 5.91 Å². The monoisotopic (exact) mass is 237 g/mol. The molecular formula is C11H12ClN3O. The summed E-state index contributed by atoms with van der Waals surface area (Å²) in [4.78, 5) is 18.4. The quantitative estimate of drug-likeness (QED) is 0.799. The van der Waals surface area contributed by atoms with Crippen LogP contribution in [0.15, 0.2) is 18.2 Å². The van der Waals surface area contributed by atoms with E-state index in [1.165, 1.54) is 0 Å². The second-order valence-electron chi connectivity index (χ2n) is 3.58. The van der Waals surface area contributed by atoms with Gasteiger partial charge in [-0.05, 0) is 24.6 Å². The van der Waals surface area contributed by atoms with Crippen LogP contribution in [0.25, 0.3) is 11.0 Å². The Morgan fingerprint density at radius 1 is 1.56 bits per heavy atom. The number of benzene rings is 1. The van der Waals surface area contributed by atoms with Crippen molar-refractivity contribution in [2.45, 2.75) is 13.5 Å². The smallest absolute Gasteiger partial charge is 0.235 e. The van der Waals surface area contributed by atoms with Gasteiger partial charge in [-0.2, -0.15) is 0 Å². The maximum atomic E-state index is 11.0. The van der Waals surface area contributed by atoms with Gasteiger partial charge in [-0.1, -0.05) is 6.07 Å². The molecule has 0 bridgehead atoms. The third-order valence-electron chi connectivity index (χ3n) is 2.28. The van der Waals surface area contributed by atoms with E-state index in [4.69, 9.17) is 11.6 Å². The zero-order valence-electron chi connectivity index (χ0n) is 8.88. The van der Waals surface area contributed by atoms with E-state index < -0.39 is 0 Å². The third-order valence-corrected chi connectivity index (χ3v) is 2.52. The number of aromatic amines is 1. The van der Waals surface area contributed by atoms with Gasteiger partial charge in [0.05, 0.1) is 11.0 Å². The largest absolute Gasteiger partial charge is 0.351 e. The average molecular weight is 238 g/mol. The van der Waals surface area contributed by atoms with E-state index in [0.29, 0.717) is 6.54 Å². The fourth-order valence-electron chi connectivity index (χ4n) is 1.54. The molecule has 16 heavy (non-hydrogen) atoms. The minimum absolute atomic E-state index is 0.00852. The van der Waals surface area contributed by atoms with E-state index in [9.17, 15) is 4.79 Å². The molecule has 0 aliphatic carbocycles. The predicted molar refractivity (Wildman–Crippen MR) is 63.4 cm³/mol. The van der Waals surface area contributed by atoms with Crippen LogP contribution >= 0.6 is 11.6 Å². The molecule has 0 saturated carbocycles. The first-order valence-electron chi connectivity index (χ1n) is 4.97. The van der Waals surface area contributed by atoms with E-state index >= 15 is 0 Å². The number of alkyl halides is 1. The van der Waals surface area contributed by atoms with E-state index in [0.717, 1.165) is 22.4 Å². The van der Waals surface area contributed by atoms with Crippen LogP contribution in [0.5, 0.6) is 0 Å². The zero-order valence-corrected chi connectivity index (χ0v) is 9.64. The van der Waals surface area contributed by atoms with E-state index in [-0.39, 0.29) is 11.8 Å². The van der Waals surface area contributed by atoms with Gasteiger partial charge in [-0.3, -0.25) is 4.79 Å². The Balaban J connectivity index is 2.16. The molecule has 1 aromatic heterocycles. The summed E-state index contributed by atoms with van der Waals surface area (Å²) in [7, 11) is 0. The zero-order chi connectivity index (χ0) is 11.5. The topological polar surface area (TPSA) is 57.8 Å². The van der Waals surface area contributed by atoms with Crippen molar-refractivity contribution in [1.29, 1.82) is 0 Å². The van der Waals surface area contributed by atoms with Gasteiger partial charge >= 0.3 is 0 Å². The lowest BCUT2D eigenvalue weighted by atomic mass is 10.2. The molecule has 84 valence electrons. The fourth-order valence-corrected chi connectivity index (χ4v) is 1.64. The molecule has 0 saturated heterocycles. The van der Waals surface area contributed by atoms with Crippen molar-refractivity contribution < 1.29 is 4.79 Å². The molecule has 2 aromatic rings. The van der Waals surface area contributed by atoms with E-state index in [1.807, 2.05) is 25.1 Å². The molecule has 4 nitrogen and oxygen atoms in total. The summed E-state index contributed by atoms with van der Waals surface area (Å²) in [6.07, 6.45) is 0. The number of imidazole rings is 1. The first-order chi connectivity index (χ1) is 7.69. The Bertz CT molecular complexity index is 521. The van der Waals surface area contributed by atoms with E-state index in [2.05, 4.69) is 15.3 Å². The van der Waals surface area contributed by atoms with Crippen molar-refractivity contribution in [3.8, 4) is 0 Å². The fraction of sp³-hybridized carbons (Fsp3) is 0.273. The molecule has 0 radical (unpaired) electrons. The van der Waals surface area contributed by atoms with Crippen molar-refractivity contribution in [2.75, 3.05) is 5.88 Å². The van der Waals surface area contributed by atoms with Gasteiger partial charge in [0.25, 0.3) is 0 Å². The molecule has 1 heterocycles. The summed E-state index contributed by atoms with van der Waals surface area (Å²) in [5.74, 6) is 0.713. The van der Waals surface area contributed by atoms with Crippen LogP contribution in [0.1, 0.15) is 11.4 Å². The Morgan fingerprint density at radius 2 is 2.38 bits per heavy atom. The van der Waals surface area contributed by atoms with Crippen molar-refractivity contribution in [3.63, 3.8) is 0 Å². The lowest BCUT2D eigenvalue weighted by Crippen LogP contribution is -2.23. The Hall–Kier alpha value is -1.55. The molecule has 1 amide bonds. The van der Waals surface area contributed by atoms with Crippen LogP contribution in [0.4, 0.5) is 0 Å². The number of hydrogen-bond donors (Lipinski definition) is 2. The summed E-state index contributed by atoms with van der Waals surface area (Å²) in [5.41, 5.74) is 2.94. The summed E-state index contributed by atoms with van der Waals surface area (Å²) in [6.45, 7) is 2.40. The molecular weight excluding hydrogens is 226 g/mol. The second-order valence-corrected chi connectivity index (χ2v) is 3.85. The number of nitrogens with one attached hydrogen (secondary N) is 2.